The number of hydrogen-bond donors (Lipinski definition) is 1. The third-order valence-electron chi connectivity index (χ3n) is 3.17. The van der Waals surface area contributed by atoms with E-state index in [4.69, 9.17) is 16.3 Å². The maximum atomic E-state index is 14.1. The number of amidine groups is 1. The van der Waals surface area contributed by atoms with Crippen molar-refractivity contribution in [1.82, 2.24) is 5.32 Å². The summed E-state index contributed by atoms with van der Waals surface area (Å²) in [5.74, 6) is 0.684. The van der Waals surface area contributed by atoms with Gasteiger partial charge in [0.05, 0.1) is 12.1 Å². The first-order valence-electron chi connectivity index (χ1n) is 6.68. The summed E-state index contributed by atoms with van der Waals surface area (Å²) in [6.45, 7) is 1.69. The summed E-state index contributed by atoms with van der Waals surface area (Å²) in [6.07, 6.45) is 0. The molecule has 0 bridgehead atoms. The Labute approximate surface area is 127 Å². The Morgan fingerprint density at radius 3 is 2.86 bits per heavy atom. The van der Waals surface area contributed by atoms with Crippen LogP contribution < -0.4 is 10.1 Å². The van der Waals surface area contributed by atoms with Crippen molar-refractivity contribution in [2.75, 3.05) is 13.1 Å². The molecule has 0 spiro atoms. The van der Waals surface area contributed by atoms with Crippen molar-refractivity contribution < 1.29 is 9.13 Å². The van der Waals surface area contributed by atoms with Gasteiger partial charge in [0.25, 0.3) is 0 Å². The van der Waals surface area contributed by atoms with Crippen molar-refractivity contribution >= 4 is 17.4 Å². The van der Waals surface area contributed by atoms with E-state index in [2.05, 4.69) is 10.3 Å². The van der Waals surface area contributed by atoms with E-state index in [0.717, 1.165) is 12.1 Å². The van der Waals surface area contributed by atoms with Crippen LogP contribution in [0, 0.1) is 5.82 Å². The van der Waals surface area contributed by atoms with Gasteiger partial charge in [-0.1, -0.05) is 29.8 Å². The van der Waals surface area contributed by atoms with E-state index in [1.165, 1.54) is 6.07 Å². The van der Waals surface area contributed by atoms with Gasteiger partial charge in [-0.3, -0.25) is 4.99 Å². The Bertz CT molecular complexity index is 688. The summed E-state index contributed by atoms with van der Waals surface area (Å²) in [6, 6.07) is 12.2. The predicted octanol–water partition coefficient (Wildman–Crippen LogP) is 3.41. The van der Waals surface area contributed by atoms with Crippen LogP contribution in [0.25, 0.3) is 0 Å². The van der Waals surface area contributed by atoms with E-state index in [-0.39, 0.29) is 5.82 Å². The average molecular weight is 305 g/mol. The number of nitrogens with one attached hydrogen (secondary N) is 1. The molecule has 2 aromatic carbocycles. The first-order chi connectivity index (χ1) is 10.2. The number of rotatable bonds is 4. The third kappa shape index (κ3) is 3.16. The van der Waals surface area contributed by atoms with Gasteiger partial charge in [0.1, 0.15) is 24.0 Å². The average Bonchev–Trinajstić information content (AvgIpc) is 2.99. The zero-order valence-electron chi connectivity index (χ0n) is 11.3. The summed E-state index contributed by atoms with van der Waals surface area (Å²) in [7, 11) is 0. The molecule has 0 unspecified atom stereocenters. The van der Waals surface area contributed by atoms with E-state index in [1.807, 2.05) is 18.2 Å². The van der Waals surface area contributed by atoms with Crippen molar-refractivity contribution in [3.63, 3.8) is 0 Å². The van der Waals surface area contributed by atoms with E-state index >= 15 is 0 Å². The highest BCUT2D eigenvalue weighted by Gasteiger charge is 2.18. The van der Waals surface area contributed by atoms with Crippen molar-refractivity contribution in [2.24, 2.45) is 4.99 Å². The van der Waals surface area contributed by atoms with Gasteiger partial charge in [0.2, 0.25) is 0 Å². The molecule has 21 heavy (non-hydrogen) atoms. The van der Waals surface area contributed by atoms with Gasteiger partial charge in [-0.2, -0.15) is 0 Å². The largest absolute Gasteiger partial charge is 0.488 e. The highest BCUT2D eigenvalue weighted by molar-refractivity contribution is 6.30. The number of hydrogen-bond acceptors (Lipinski definition) is 3. The molecule has 5 heteroatoms. The summed E-state index contributed by atoms with van der Waals surface area (Å²) >= 11 is 5.94. The predicted molar refractivity (Wildman–Crippen MR) is 81.6 cm³/mol. The number of aliphatic imine (C=N–C) groups is 1. The molecule has 0 aliphatic carbocycles. The number of halogens is 2. The topological polar surface area (TPSA) is 33.6 Å². The zero-order chi connectivity index (χ0) is 14.7. The van der Waals surface area contributed by atoms with Crippen LogP contribution in [0.1, 0.15) is 11.1 Å². The molecule has 2 aromatic rings. The Balaban J connectivity index is 1.84. The lowest BCUT2D eigenvalue weighted by atomic mass is 10.1. The lowest BCUT2D eigenvalue weighted by Gasteiger charge is -2.13. The molecule has 0 amide bonds. The van der Waals surface area contributed by atoms with Crippen molar-refractivity contribution in [1.29, 1.82) is 0 Å². The van der Waals surface area contributed by atoms with Gasteiger partial charge >= 0.3 is 0 Å². The van der Waals surface area contributed by atoms with E-state index in [9.17, 15) is 4.39 Å². The maximum Gasteiger partial charge on any atom is 0.137 e. The minimum Gasteiger partial charge on any atom is -0.488 e. The summed E-state index contributed by atoms with van der Waals surface area (Å²) in [4.78, 5) is 4.26. The zero-order valence-corrected chi connectivity index (χ0v) is 12.0. The summed E-state index contributed by atoms with van der Waals surface area (Å²) in [5, 5.41) is 3.72. The van der Waals surface area contributed by atoms with Crippen molar-refractivity contribution in [3.05, 3.63) is 64.4 Å². The molecule has 0 radical (unpaired) electrons. The van der Waals surface area contributed by atoms with Gasteiger partial charge in [0.15, 0.2) is 0 Å². The van der Waals surface area contributed by atoms with Crippen LogP contribution >= 0.6 is 11.6 Å². The quantitative estimate of drug-likeness (QED) is 0.939. The number of ether oxygens (including phenoxy) is 1. The monoisotopic (exact) mass is 304 g/mol. The molecule has 0 aromatic heterocycles. The Morgan fingerprint density at radius 1 is 1.24 bits per heavy atom. The fraction of sp³-hybridized carbons (Fsp3) is 0.188. The van der Waals surface area contributed by atoms with Crippen LogP contribution in [-0.2, 0) is 6.61 Å². The Kier molecular flexibility index (Phi) is 4.06. The molecule has 1 aliphatic heterocycles. The molecule has 0 fully saturated rings. The van der Waals surface area contributed by atoms with Crippen LogP contribution in [-0.4, -0.2) is 18.9 Å². The normalized spacial score (nSPS) is 13.7. The molecule has 1 N–H and O–H groups in total. The molecule has 0 atom stereocenters. The Morgan fingerprint density at radius 2 is 2.10 bits per heavy atom. The summed E-state index contributed by atoms with van der Waals surface area (Å²) in [5.41, 5.74) is 1.32. The van der Waals surface area contributed by atoms with E-state index in [0.29, 0.717) is 35.3 Å². The molecular formula is C16H14ClFN2O. The number of benzene rings is 2. The molecule has 1 heterocycles. The van der Waals surface area contributed by atoms with Crippen LogP contribution in [0.3, 0.4) is 0 Å². The van der Waals surface area contributed by atoms with Crippen molar-refractivity contribution in [2.45, 2.75) is 6.61 Å². The first kappa shape index (κ1) is 13.9. The van der Waals surface area contributed by atoms with Crippen LogP contribution in [0.15, 0.2) is 47.5 Å². The lowest BCUT2D eigenvalue weighted by molar-refractivity contribution is 0.304. The molecule has 0 saturated carbocycles. The lowest BCUT2D eigenvalue weighted by Crippen LogP contribution is -2.21. The molecule has 3 rings (SSSR count). The van der Waals surface area contributed by atoms with Crippen LogP contribution in [0.5, 0.6) is 5.75 Å². The Hall–Kier alpha value is -2.07. The van der Waals surface area contributed by atoms with Gasteiger partial charge in [-0.25, -0.2) is 4.39 Å². The van der Waals surface area contributed by atoms with Gasteiger partial charge in [0, 0.05) is 11.6 Å². The molecule has 1 aliphatic rings. The van der Waals surface area contributed by atoms with Crippen LogP contribution in [0.2, 0.25) is 5.02 Å². The van der Waals surface area contributed by atoms with Gasteiger partial charge < -0.3 is 10.1 Å². The number of nitrogens with zero attached hydrogens (tertiary/aromatic N) is 1. The van der Waals surface area contributed by atoms with Crippen LogP contribution in [0.4, 0.5) is 4.39 Å². The molecule has 108 valence electrons. The second-order valence-corrected chi connectivity index (χ2v) is 5.13. The SMILES string of the molecule is Fc1cccc(OCc2cccc(Cl)c2)c1C1=NCCN1. The minimum atomic E-state index is -0.341. The highest BCUT2D eigenvalue weighted by Crippen LogP contribution is 2.24. The first-order valence-corrected chi connectivity index (χ1v) is 7.06. The standard InChI is InChI=1S/C16H14ClFN2O/c17-12-4-1-3-11(9-12)10-21-14-6-2-5-13(18)15(14)16-19-7-8-20-16/h1-6,9H,7-8,10H2,(H,19,20). The van der Waals surface area contributed by atoms with E-state index < -0.39 is 0 Å². The third-order valence-corrected chi connectivity index (χ3v) is 3.40. The van der Waals surface area contributed by atoms with Gasteiger partial charge in [-0.05, 0) is 29.8 Å². The second-order valence-electron chi connectivity index (χ2n) is 4.69. The second kappa shape index (κ2) is 6.14. The van der Waals surface area contributed by atoms with Gasteiger partial charge in [-0.15, -0.1) is 0 Å². The fourth-order valence-electron chi connectivity index (χ4n) is 2.21. The highest BCUT2D eigenvalue weighted by atomic mass is 35.5. The minimum absolute atomic E-state index is 0.324. The molecule has 3 nitrogen and oxygen atoms in total. The smallest absolute Gasteiger partial charge is 0.137 e. The summed E-state index contributed by atoms with van der Waals surface area (Å²) < 4.78 is 19.8. The van der Waals surface area contributed by atoms with Crippen molar-refractivity contribution in [3.8, 4) is 5.75 Å². The maximum absolute atomic E-state index is 14.1. The van der Waals surface area contributed by atoms with E-state index in [1.54, 1.807) is 18.2 Å². The molecular weight excluding hydrogens is 291 g/mol. The molecule has 0 saturated heterocycles. The fourth-order valence-corrected chi connectivity index (χ4v) is 2.42.